The predicted molar refractivity (Wildman–Crippen MR) is 129 cm³/mol. The van der Waals surface area contributed by atoms with Crippen LogP contribution in [0.1, 0.15) is 41.7 Å². The molecule has 0 bridgehead atoms. The molecule has 0 atom stereocenters. The van der Waals surface area contributed by atoms with Crippen LogP contribution in [0.4, 0.5) is 10.1 Å². The van der Waals surface area contributed by atoms with Crippen molar-refractivity contribution in [3.05, 3.63) is 65.6 Å². The van der Waals surface area contributed by atoms with Gasteiger partial charge in [-0.05, 0) is 67.8 Å². The fourth-order valence-electron chi connectivity index (χ4n) is 3.77. The van der Waals surface area contributed by atoms with Crippen LogP contribution >= 0.6 is 11.8 Å². The summed E-state index contributed by atoms with van der Waals surface area (Å²) in [5.41, 5.74) is 4.05. The van der Waals surface area contributed by atoms with Crippen molar-refractivity contribution in [3.63, 3.8) is 0 Å². The van der Waals surface area contributed by atoms with Gasteiger partial charge in [-0.3, -0.25) is 14.7 Å². The second-order valence-electron chi connectivity index (χ2n) is 8.18. The van der Waals surface area contributed by atoms with Gasteiger partial charge in [0, 0.05) is 47.5 Å². The normalized spacial score (nSPS) is 13.2. The Balaban J connectivity index is 1.22. The van der Waals surface area contributed by atoms with Gasteiger partial charge < -0.3 is 10.2 Å². The molecule has 1 aliphatic heterocycles. The molecule has 0 fully saturated rings. The second kappa shape index (κ2) is 10.7. The van der Waals surface area contributed by atoms with Crippen molar-refractivity contribution in [2.24, 2.45) is 0 Å². The molecule has 0 unspecified atom stereocenters. The fourth-order valence-corrected chi connectivity index (χ4v) is 4.71. The van der Waals surface area contributed by atoms with Gasteiger partial charge in [-0.2, -0.15) is 5.10 Å². The third-order valence-corrected chi connectivity index (χ3v) is 6.72. The van der Waals surface area contributed by atoms with Crippen molar-refractivity contribution >= 4 is 29.3 Å². The Labute approximate surface area is 197 Å². The number of thioether (sulfide) groups is 1. The molecule has 1 aliphatic rings. The van der Waals surface area contributed by atoms with E-state index < -0.39 is 0 Å². The standard InChI is InChI=1S/C25H27FN4O2S/c1-30(25(32)18-8-11-23-22(15-18)27-24(31)12-14-33-23)13-4-2-3-5-20-16-21(29-28-20)17-6-9-19(26)10-7-17/h6-11,15-16H,2-5,12-14H2,1H3,(H,27,31)(H,28,29). The van der Waals surface area contributed by atoms with E-state index in [2.05, 4.69) is 15.5 Å². The lowest BCUT2D eigenvalue weighted by molar-refractivity contribution is -0.115. The number of amides is 2. The molecule has 2 amide bonds. The van der Waals surface area contributed by atoms with E-state index in [0.29, 0.717) is 18.5 Å². The number of hydrogen-bond donors (Lipinski definition) is 2. The molecule has 0 saturated carbocycles. The topological polar surface area (TPSA) is 78.1 Å². The fraction of sp³-hybridized carbons (Fsp3) is 0.320. The van der Waals surface area contributed by atoms with Gasteiger partial charge in [-0.15, -0.1) is 11.8 Å². The number of benzene rings is 2. The predicted octanol–water partition coefficient (Wildman–Crippen LogP) is 5.14. The summed E-state index contributed by atoms with van der Waals surface area (Å²) >= 11 is 1.63. The largest absolute Gasteiger partial charge is 0.342 e. The molecule has 2 N–H and O–H groups in total. The Hall–Kier alpha value is -3.13. The van der Waals surface area contributed by atoms with Gasteiger partial charge in [0.1, 0.15) is 5.82 Å². The molecule has 172 valence electrons. The molecular weight excluding hydrogens is 439 g/mol. The average molecular weight is 467 g/mol. The molecule has 2 heterocycles. The monoisotopic (exact) mass is 466 g/mol. The highest BCUT2D eigenvalue weighted by atomic mass is 32.2. The van der Waals surface area contributed by atoms with Crippen LogP contribution < -0.4 is 5.32 Å². The van der Waals surface area contributed by atoms with Gasteiger partial charge in [0.15, 0.2) is 0 Å². The summed E-state index contributed by atoms with van der Waals surface area (Å²) in [6.07, 6.45) is 4.22. The summed E-state index contributed by atoms with van der Waals surface area (Å²) in [4.78, 5) is 27.4. The molecule has 0 aliphatic carbocycles. The number of H-pyrrole nitrogens is 1. The van der Waals surface area contributed by atoms with Crippen molar-refractivity contribution in [2.75, 3.05) is 24.7 Å². The van der Waals surface area contributed by atoms with Crippen molar-refractivity contribution < 1.29 is 14.0 Å². The molecule has 0 saturated heterocycles. The lowest BCUT2D eigenvalue weighted by atomic mass is 10.1. The number of unbranched alkanes of at least 4 members (excludes halogenated alkanes) is 2. The van der Waals surface area contributed by atoms with Crippen molar-refractivity contribution in [3.8, 4) is 11.3 Å². The highest BCUT2D eigenvalue weighted by Gasteiger charge is 2.17. The first-order valence-electron chi connectivity index (χ1n) is 11.1. The number of hydrogen-bond acceptors (Lipinski definition) is 4. The zero-order valence-electron chi connectivity index (χ0n) is 18.6. The Kier molecular flexibility index (Phi) is 7.44. The molecule has 6 nitrogen and oxygen atoms in total. The smallest absolute Gasteiger partial charge is 0.253 e. The maximum Gasteiger partial charge on any atom is 0.253 e. The minimum Gasteiger partial charge on any atom is -0.342 e. The van der Waals surface area contributed by atoms with Gasteiger partial charge in [0.25, 0.3) is 5.91 Å². The third-order valence-electron chi connectivity index (χ3n) is 5.64. The SMILES string of the molecule is CN(CCCCCc1cc(-c2ccc(F)cc2)n[nH]1)C(=O)c1ccc2c(c1)NC(=O)CCS2. The number of aromatic amines is 1. The Bertz CT molecular complexity index is 1130. The van der Waals surface area contributed by atoms with Crippen LogP contribution in [0.3, 0.4) is 0 Å². The molecule has 0 spiro atoms. The summed E-state index contributed by atoms with van der Waals surface area (Å²) in [5.74, 6) is 0.434. The Morgan fingerprint density at radius 3 is 2.76 bits per heavy atom. The Morgan fingerprint density at radius 1 is 1.12 bits per heavy atom. The van der Waals surface area contributed by atoms with Gasteiger partial charge in [0.2, 0.25) is 5.91 Å². The van der Waals surface area contributed by atoms with E-state index in [9.17, 15) is 14.0 Å². The number of aromatic nitrogens is 2. The number of nitrogens with zero attached hydrogens (tertiary/aromatic N) is 2. The van der Waals surface area contributed by atoms with E-state index in [1.807, 2.05) is 25.2 Å². The number of halogens is 1. The molecule has 3 aromatic rings. The summed E-state index contributed by atoms with van der Waals surface area (Å²) in [7, 11) is 1.81. The van der Waals surface area contributed by atoms with Crippen molar-refractivity contribution in [2.45, 2.75) is 37.0 Å². The molecule has 1 aromatic heterocycles. The van der Waals surface area contributed by atoms with Crippen LogP contribution in [-0.2, 0) is 11.2 Å². The Morgan fingerprint density at radius 2 is 1.94 bits per heavy atom. The number of anilines is 1. The third kappa shape index (κ3) is 6.01. The summed E-state index contributed by atoms with van der Waals surface area (Å²) in [6, 6.07) is 13.8. The minimum atomic E-state index is -0.259. The van der Waals surface area contributed by atoms with E-state index in [1.54, 1.807) is 34.9 Å². The highest BCUT2D eigenvalue weighted by molar-refractivity contribution is 7.99. The zero-order valence-corrected chi connectivity index (χ0v) is 19.4. The summed E-state index contributed by atoms with van der Waals surface area (Å²) in [5, 5.41) is 10.3. The summed E-state index contributed by atoms with van der Waals surface area (Å²) < 4.78 is 13.1. The molecule has 33 heavy (non-hydrogen) atoms. The molecule has 8 heteroatoms. The molecule has 4 rings (SSSR count). The maximum absolute atomic E-state index is 13.1. The molecule has 0 radical (unpaired) electrons. The van der Waals surface area contributed by atoms with Crippen molar-refractivity contribution in [1.29, 1.82) is 0 Å². The molecule has 2 aromatic carbocycles. The average Bonchev–Trinajstić information content (AvgIpc) is 3.20. The van der Waals surface area contributed by atoms with Crippen LogP contribution in [-0.4, -0.2) is 46.3 Å². The lowest BCUT2D eigenvalue weighted by Gasteiger charge is -2.18. The lowest BCUT2D eigenvalue weighted by Crippen LogP contribution is -2.27. The minimum absolute atomic E-state index is 0.0127. The van der Waals surface area contributed by atoms with Gasteiger partial charge in [0.05, 0.1) is 11.4 Å². The highest BCUT2D eigenvalue weighted by Crippen LogP contribution is 2.31. The van der Waals surface area contributed by atoms with E-state index in [-0.39, 0.29) is 17.6 Å². The van der Waals surface area contributed by atoms with Crippen LogP contribution in [0, 0.1) is 5.82 Å². The van der Waals surface area contributed by atoms with Crippen molar-refractivity contribution in [1.82, 2.24) is 15.1 Å². The van der Waals surface area contributed by atoms with Crippen LogP contribution in [0.25, 0.3) is 11.3 Å². The van der Waals surface area contributed by atoms with E-state index in [1.165, 1.54) is 12.1 Å². The number of aryl methyl sites for hydroxylation is 1. The quantitative estimate of drug-likeness (QED) is 0.451. The zero-order chi connectivity index (χ0) is 23.2. The maximum atomic E-state index is 13.1. The first kappa shape index (κ1) is 23.0. The number of rotatable bonds is 8. The van der Waals surface area contributed by atoms with Crippen LogP contribution in [0.5, 0.6) is 0 Å². The summed E-state index contributed by atoms with van der Waals surface area (Å²) in [6.45, 7) is 0.667. The van der Waals surface area contributed by atoms with E-state index >= 15 is 0 Å². The van der Waals surface area contributed by atoms with Crippen LogP contribution in [0.15, 0.2) is 53.4 Å². The second-order valence-corrected chi connectivity index (χ2v) is 9.32. The van der Waals surface area contributed by atoms with Gasteiger partial charge >= 0.3 is 0 Å². The number of nitrogens with one attached hydrogen (secondary N) is 2. The number of carbonyl (C=O) groups is 2. The van der Waals surface area contributed by atoms with E-state index in [4.69, 9.17) is 0 Å². The number of fused-ring (bicyclic) bond motifs is 1. The van der Waals surface area contributed by atoms with E-state index in [0.717, 1.165) is 59.0 Å². The van der Waals surface area contributed by atoms with Gasteiger partial charge in [-0.25, -0.2) is 4.39 Å². The van der Waals surface area contributed by atoms with Gasteiger partial charge in [-0.1, -0.05) is 6.42 Å². The van der Waals surface area contributed by atoms with Crippen LogP contribution in [0.2, 0.25) is 0 Å². The first-order valence-corrected chi connectivity index (χ1v) is 12.1. The molecular formula is C25H27FN4O2S. The number of carbonyl (C=O) groups excluding carboxylic acids is 2. The first-order chi connectivity index (χ1) is 16.0.